The van der Waals surface area contributed by atoms with Gasteiger partial charge in [-0.25, -0.2) is 9.69 Å². The van der Waals surface area contributed by atoms with Crippen LogP contribution in [-0.2, 0) is 9.53 Å². The van der Waals surface area contributed by atoms with Crippen LogP contribution in [0.1, 0.15) is 5.56 Å². The Hall–Kier alpha value is -3.08. The Labute approximate surface area is 133 Å². The number of nitrogens with zero attached hydrogens (tertiary/aromatic N) is 1. The SMILES string of the molecule is O=C(C=Cc1ccc(Oc2ccccc2)cc1)N1CCOC1=O. The highest BCUT2D eigenvalue weighted by Crippen LogP contribution is 2.21. The number of ether oxygens (including phenoxy) is 2. The van der Waals surface area contributed by atoms with E-state index in [1.54, 1.807) is 6.08 Å². The van der Waals surface area contributed by atoms with Crippen molar-refractivity contribution in [1.29, 1.82) is 0 Å². The van der Waals surface area contributed by atoms with Gasteiger partial charge in [0.25, 0.3) is 5.91 Å². The van der Waals surface area contributed by atoms with Gasteiger partial charge in [-0.1, -0.05) is 30.3 Å². The zero-order valence-electron chi connectivity index (χ0n) is 12.3. The summed E-state index contributed by atoms with van der Waals surface area (Å²) in [5.41, 5.74) is 0.839. The summed E-state index contributed by atoms with van der Waals surface area (Å²) in [6.45, 7) is 0.551. The molecule has 2 aromatic rings. The molecule has 0 unspecified atom stereocenters. The monoisotopic (exact) mass is 309 g/mol. The highest BCUT2D eigenvalue weighted by Gasteiger charge is 2.26. The van der Waals surface area contributed by atoms with Crippen molar-refractivity contribution in [2.24, 2.45) is 0 Å². The van der Waals surface area contributed by atoms with E-state index in [4.69, 9.17) is 9.47 Å². The van der Waals surface area contributed by atoms with Crippen LogP contribution in [-0.4, -0.2) is 30.1 Å². The van der Waals surface area contributed by atoms with Crippen LogP contribution in [0.15, 0.2) is 60.7 Å². The highest BCUT2D eigenvalue weighted by atomic mass is 16.6. The van der Waals surface area contributed by atoms with E-state index >= 15 is 0 Å². The molecule has 0 aromatic heterocycles. The fourth-order valence-electron chi connectivity index (χ4n) is 2.12. The van der Waals surface area contributed by atoms with Gasteiger partial charge in [-0.15, -0.1) is 0 Å². The van der Waals surface area contributed by atoms with E-state index in [1.165, 1.54) is 6.08 Å². The molecule has 5 nitrogen and oxygen atoms in total. The summed E-state index contributed by atoms with van der Waals surface area (Å²) in [6, 6.07) is 16.8. The van der Waals surface area contributed by atoms with Gasteiger partial charge >= 0.3 is 6.09 Å². The maximum absolute atomic E-state index is 11.9. The van der Waals surface area contributed by atoms with Crippen LogP contribution in [0.5, 0.6) is 11.5 Å². The lowest BCUT2D eigenvalue weighted by Crippen LogP contribution is -2.29. The first-order chi connectivity index (χ1) is 11.2. The Balaban J connectivity index is 1.62. The van der Waals surface area contributed by atoms with E-state index in [2.05, 4.69) is 0 Å². The zero-order valence-corrected chi connectivity index (χ0v) is 12.3. The van der Waals surface area contributed by atoms with Crippen LogP contribution in [0.4, 0.5) is 4.79 Å². The first-order valence-corrected chi connectivity index (χ1v) is 7.22. The second-order valence-corrected chi connectivity index (χ2v) is 4.92. The van der Waals surface area contributed by atoms with Gasteiger partial charge in [-0.05, 0) is 35.9 Å². The van der Waals surface area contributed by atoms with Crippen molar-refractivity contribution < 1.29 is 19.1 Å². The number of rotatable bonds is 4. The van der Waals surface area contributed by atoms with Crippen LogP contribution in [0, 0.1) is 0 Å². The lowest BCUT2D eigenvalue weighted by Gasteiger charge is -2.07. The molecule has 0 atom stereocenters. The largest absolute Gasteiger partial charge is 0.457 e. The summed E-state index contributed by atoms with van der Waals surface area (Å²) in [7, 11) is 0. The Morgan fingerprint density at radius 2 is 1.74 bits per heavy atom. The molecule has 0 bridgehead atoms. The number of amides is 2. The molecule has 1 saturated heterocycles. The second kappa shape index (κ2) is 6.79. The lowest BCUT2D eigenvalue weighted by atomic mass is 10.2. The first-order valence-electron chi connectivity index (χ1n) is 7.22. The Morgan fingerprint density at radius 3 is 2.39 bits per heavy atom. The molecule has 3 rings (SSSR count). The van der Waals surface area contributed by atoms with E-state index in [0.717, 1.165) is 16.2 Å². The molecule has 0 N–H and O–H groups in total. The van der Waals surface area contributed by atoms with Gasteiger partial charge < -0.3 is 9.47 Å². The van der Waals surface area contributed by atoms with E-state index in [0.29, 0.717) is 12.3 Å². The number of benzene rings is 2. The Bertz CT molecular complexity index is 722. The normalized spacial score (nSPS) is 14.1. The molecule has 1 aliphatic heterocycles. The third-order valence-corrected chi connectivity index (χ3v) is 3.30. The zero-order chi connectivity index (χ0) is 16.1. The average Bonchev–Trinajstić information content (AvgIpc) is 3.01. The van der Waals surface area contributed by atoms with Gasteiger partial charge in [0, 0.05) is 6.08 Å². The topological polar surface area (TPSA) is 55.8 Å². The lowest BCUT2D eigenvalue weighted by molar-refractivity contribution is -0.122. The highest BCUT2D eigenvalue weighted by molar-refractivity contribution is 6.01. The summed E-state index contributed by atoms with van der Waals surface area (Å²) in [6.07, 6.45) is 2.42. The third-order valence-electron chi connectivity index (χ3n) is 3.30. The molecule has 1 fully saturated rings. The quantitative estimate of drug-likeness (QED) is 0.812. The summed E-state index contributed by atoms with van der Waals surface area (Å²) in [5.74, 6) is 1.10. The average molecular weight is 309 g/mol. The number of hydrogen-bond donors (Lipinski definition) is 0. The minimum absolute atomic E-state index is 0.254. The molecule has 2 aromatic carbocycles. The van der Waals surface area contributed by atoms with Crippen molar-refractivity contribution in [2.45, 2.75) is 0 Å². The number of imide groups is 1. The maximum Gasteiger partial charge on any atom is 0.416 e. The molecule has 1 aliphatic rings. The van der Waals surface area contributed by atoms with Crippen molar-refractivity contribution in [3.05, 3.63) is 66.2 Å². The van der Waals surface area contributed by atoms with E-state index in [1.807, 2.05) is 54.6 Å². The first kappa shape index (κ1) is 14.8. The molecule has 23 heavy (non-hydrogen) atoms. The van der Waals surface area contributed by atoms with Gasteiger partial charge in [-0.2, -0.15) is 0 Å². The molecule has 2 amide bonds. The molecule has 0 aliphatic carbocycles. The van der Waals surface area contributed by atoms with Crippen molar-refractivity contribution in [2.75, 3.05) is 13.2 Å². The second-order valence-electron chi connectivity index (χ2n) is 4.92. The van der Waals surface area contributed by atoms with Gasteiger partial charge in [0.15, 0.2) is 0 Å². The molecule has 0 spiro atoms. The predicted octanol–water partition coefficient (Wildman–Crippen LogP) is 3.47. The van der Waals surface area contributed by atoms with Crippen molar-refractivity contribution >= 4 is 18.1 Å². The number of hydrogen-bond acceptors (Lipinski definition) is 4. The fraction of sp³-hybridized carbons (Fsp3) is 0.111. The predicted molar refractivity (Wildman–Crippen MR) is 85.1 cm³/mol. The molecular weight excluding hydrogens is 294 g/mol. The van der Waals surface area contributed by atoms with Crippen molar-refractivity contribution in [1.82, 2.24) is 4.90 Å². The molecule has 5 heteroatoms. The number of para-hydroxylation sites is 1. The van der Waals surface area contributed by atoms with Gasteiger partial charge in [0.1, 0.15) is 18.1 Å². The third kappa shape index (κ3) is 3.77. The number of cyclic esters (lactones) is 1. The van der Waals surface area contributed by atoms with Gasteiger partial charge in [-0.3, -0.25) is 4.79 Å². The number of carbonyl (C=O) groups excluding carboxylic acids is 2. The van der Waals surface area contributed by atoms with Gasteiger partial charge in [0.2, 0.25) is 0 Å². The molecule has 1 heterocycles. The molecule has 0 saturated carbocycles. The van der Waals surface area contributed by atoms with Crippen LogP contribution in [0.3, 0.4) is 0 Å². The molecule has 116 valence electrons. The summed E-state index contributed by atoms with van der Waals surface area (Å²) in [4.78, 5) is 24.2. The van der Waals surface area contributed by atoms with Crippen LogP contribution < -0.4 is 4.74 Å². The Kier molecular flexibility index (Phi) is 4.38. The van der Waals surface area contributed by atoms with Crippen molar-refractivity contribution in [3.63, 3.8) is 0 Å². The Morgan fingerprint density at radius 1 is 1.04 bits per heavy atom. The molecule has 0 radical (unpaired) electrons. The fourth-order valence-corrected chi connectivity index (χ4v) is 2.12. The smallest absolute Gasteiger partial charge is 0.416 e. The minimum atomic E-state index is -0.591. The summed E-state index contributed by atoms with van der Waals surface area (Å²) >= 11 is 0. The standard InChI is InChI=1S/C18H15NO4/c20-17(19-12-13-22-18(19)21)11-8-14-6-9-16(10-7-14)23-15-4-2-1-3-5-15/h1-11H,12-13H2. The van der Waals surface area contributed by atoms with Crippen molar-refractivity contribution in [3.8, 4) is 11.5 Å². The van der Waals surface area contributed by atoms with Crippen LogP contribution >= 0.6 is 0 Å². The maximum atomic E-state index is 11.9. The van der Waals surface area contributed by atoms with E-state index in [-0.39, 0.29) is 12.5 Å². The van der Waals surface area contributed by atoms with E-state index in [9.17, 15) is 9.59 Å². The van der Waals surface area contributed by atoms with Gasteiger partial charge in [0.05, 0.1) is 6.54 Å². The van der Waals surface area contributed by atoms with Crippen LogP contribution in [0.25, 0.3) is 6.08 Å². The van der Waals surface area contributed by atoms with E-state index < -0.39 is 6.09 Å². The van der Waals surface area contributed by atoms with Crippen LogP contribution in [0.2, 0.25) is 0 Å². The number of carbonyl (C=O) groups is 2. The summed E-state index contributed by atoms with van der Waals surface area (Å²) < 4.78 is 10.4. The summed E-state index contributed by atoms with van der Waals surface area (Å²) in [5, 5.41) is 0. The minimum Gasteiger partial charge on any atom is -0.457 e. The molecular formula is C18H15NO4.